The van der Waals surface area contributed by atoms with Gasteiger partial charge in [-0.25, -0.2) is 4.79 Å². The van der Waals surface area contributed by atoms with Gasteiger partial charge in [-0.3, -0.25) is 4.79 Å². The summed E-state index contributed by atoms with van der Waals surface area (Å²) in [6.07, 6.45) is 3.13. The zero-order valence-electron chi connectivity index (χ0n) is 12.0. The van der Waals surface area contributed by atoms with Crippen molar-refractivity contribution in [1.82, 2.24) is 4.90 Å². The lowest BCUT2D eigenvalue weighted by Crippen LogP contribution is -2.44. The molecule has 0 N–H and O–H groups in total. The average Bonchev–Trinajstić information content (AvgIpc) is 2.52. The average molecular weight is 286 g/mol. The van der Waals surface area contributed by atoms with Gasteiger partial charge < -0.3 is 9.64 Å². The van der Waals surface area contributed by atoms with Gasteiger partial charge in [0.1, 0.15) is 0 Å². The van der Waals surface area contributed by atoms with Gasteiger partial charge >= 0.3 is 5.97 Å². The summed E-state index contributed by atoms with van der Waals surface area (Å²) in [6, 6.07) is 8.33. The summed E-state index contributed by atoms with van der Waals surface area (Å²) in [5.41, 5.74) is 0.818. The van der Waals surface area contributed by atoms with Gasteiger partial charge in [0.25, 0.3) is 5.91 Å². The Bertz CT molecular complexity index is 560. The fourth-order valence-corrected chi connectivity index (χ4v) is 2.44. The van der Waals surface area contributed by atoms with Crippen LogP contribution in [-0.2, 0) is 9.53 Å². The second-order valence-electron chi connectivity index (χ2n) is 5.20. The first-order chi connectivity index (χ1) is 10.1. The molecule has 21 heavy (non-hydrogen) atoms. The Kier molecular flexibility index (Phi) is 4.94. The van der Waals surface area contributed by atoms with Gasteiger partial charge in [0.15, 0.2) is 6.61 Å². The Balaban J connectivity index is 1.88. The first-order valence-corrected chi connectivity index (χ1v) is 7.08. The summed E-state index contributed by atoms with van der Waals surface area (Å²) >= 11 is 0. The van der Waals surface area contributed by atoms with Gasteiger partial charge in [-0.2, -0.15) is 5.26 Å². The lowest BCUT2D eigenvalue weighted by Gasteiger charge is -2.33. The van der Waals surface area contributed by atoms with Crippen LogP contribution in [0.25, 0.3) is 0 Å². The second-order valence-corrected chi connectivity index (χ2v) is 5.20. The standard InChI is InChI=1S/C16H18N2O3/c1-12-4-2-3-9-18(12)15(19)11-21-16(20)14-7-5-13(10-17)6-8-14/h5-8,12H,2-4,9,11H2,1H3. The number of likely N-dealkylation sites (tertiary alicyclic amines) is 1. The van der Waals surface area contributed by atoms with Crippen LogP contribution in [0.2, 0.25) is 0 Å². The lowest BCUT2D eigenvalue weighted by atomic mass is 10.0. The summed E-state index contributed by atoms with van der Waals surface area (Å²) in [6.45, 7) is 2.51. The highest BCUT2D eigenvalue weighted by Crippen LogP contribution is 2.16. The Labute approximate surface area is 124 Å². The molecule has 0 spiro atoms. The van der Waals surface area contributed by atoms with Crippen molar-refractivity contribution in [3.63, 3.8) is 0 Å². The molecule has 5 nitrogen and oxygen atoms in total. The number of amides is 1. The number of benzene rings is 1. The van der Waals surface area contributed by atoms with E-state index in [9.17, 15) is 9.59 Å². The molecule has 110 valence electrons. The smallest absolute Gasteiger partial charge is 0.338 e. The normalized spacial score (nSPS) is 17.9. The van der Waals surface area contributed by atoms with Crippen molar-refractivity contribution in [2.24, 2.45) is 0 Å². The Morgan fingerprint density at radius 3 is 2.67 bits per heavy atom. The number of carbonyl (C=O) groups excluding carboxylic acids is 2. The van der Waals surface area contributed by atoms with Crippen molar-refractivity contribution < 1.29 is 14.3 Å². The molecule has 1 unspecified atom stereocenters. The van der Waals surface area contributed by atoms with Crippen LogP contribution in [0.1, 0.15) is 42.1 Å². The van der Waals surface area contributed by atoms with Crippen LogP contribution in [0.4, 0.5) is 0 Å². The topological polar surface area (TPSA) is 70.4 Å². The van der Waals surface area contributed by atoms with Crippen molar-refractivity contribution >= 4 is 11.9 Å². The third-order valence-electron chi connectivity index (χ3n) is 3.70. The molecule has 1 saturated heterocycles. The third-order valence-corrected chi connectivity index (χ3v) is 3.70. The summed E-state index contributed by atoms with van der Waals surface area (Å²) in [7, 11) is 0. The number of ether oxygens (including phenoxy) is 1. The van der Waals surface area contributed by atoms with Gasteiger partial charge in [0.05, 0.1) is 17.2 Å². The maximum atomic E-state index is 12.1. The summed E-state index contributed by atoms with van der Waals surface area (Å²) in [5.74, 6) is -0.693. The Morgan fingerprint density at radius 2 is 2.05 bits per heavy atom. The van der Waals surface area contributed by atoms with E-state index in [-0.39, 0.29) is 18.6 Å². The molecule has 0 saturated carbocycles. The minimum Gasteiger partial charge on any atom is -0.452 e. The number of nitriles is 1. The molecule has 1 aromatic carbocycles. The van der Waals surface area contributed by atoms with E-state index in [0.29, 0.717) is 11.1 Å². The van der Waals surface area contributed by atoms with Crippen LogP contribution in [0, 0.1) is 11.3 Å². The molecule has 1 aliphatic heterocycles. The van der Waals surface area contributed by atoms with Crippen molar-refractivity contribution in [3.05, 3.63) is 35.4 Å². The van der Waals surface area contributed by atoms with Gasteiger partial charge in [-0.05, 0) is 50.5 Å². The summed E-state index contributed by atoms with van der Waals surface area (Å²) in [4.78, 5) is 25.7. The van der Waals surface area contributed by atoms with Crippen molar-refractivity contribution in [3.8, 4) is 6.07 Å². The van der Waals surface area contributed by atoms with Crippen molar-refractivity contribution in [2.45, 2.75) is 32.2 Å². The van der Waals surface area contributed by atoms with E-state index in [2.05, 4.69) is 0 Å². The molecule has 1 aliphatic rings. The largest absolute Gasteiger partial charge is 0.452 e. The highest BCUT2D eigenvalue weighted by molar-refractivity contribution is 5.91. The zero-order valence-corrected chi connectivity index (χ0v) is 12.0. The van der Waals surface area contributed by atoms with Crippen LogP contribution >= 0.6 is 0 Å². The summed E-state index contributed by atoms with van der Waals surface area (Å²) < 4.78 is 5.05. The Hall–Kier alpha value is -2.35. The number of hydrogen-bond donors (Lipinski definition) is 0. The minimum absolute atomic E-state index is 0.149. The molecule has 5 heteroatoms. The fourth-order valence-electron chi connectivity index (χ4n) is 2.44. The lowest BCUT2D eigenvalue weighted by molar-refractivity contribution is -0.137. The van der Waals surface area contributed by atoms with Crippen LogP contribution in [0.5, 0.6) is 0 Å². The number of nitrogens with zero attached hydrogens (tertiary/aromatic N) is 2. The zero-order chi connectivity index (χ0) is 15.2. The summed E-state index contributed by atoms with van der Waals surface area (Å²) in [5, 5.41) is 8.70. The quantitative estimate of drug-likeness (QED) is 0.798. The van der Waals surface area contributed by atoms with E-state index in [1.54, 1.807) is 17.0 Å². The van der Waals surface area contributed by atoms with E-state index >= 15 is 0 Å². The monoisotopic (exact) mass is 286 g/mol. The molecule has 1 amide bonds. The van der Waals surface area contributed by atoms with Crippen molar-refractivity contribution in [1.29, 1.82) is 5.26 Å². The highest BCUT2D eigenvalue weighted by atomic mass is 16.5. The predicted octanol–water partition coefficient (Wildman–Crippen LogP) is 2.12. The number of rotatable bonds is 3. The first kappa shape index (κ1) is 15.0. The molecule has 1 heterocycles. The predicted molar refractivity (Wildman–Crippen MR) is 76.5 cm³/mol. The second kappa shape index (κ2) is 6.89. The van der Waals surface area contributed by atoms with Gasteiger partial charge in [0, 0.05) is 12.6 Å². The molecule has 0 aliphatic carbocycles. The van der Waals surface area contributed by atoms with E-state index in [1.807, 2.05) is 13.0 Å². The number of carbonyl (C=O) groups is 2. The maximum Gasteiger partial charge on any atom is 0.338 e. The highest BCUT2D eigenvalue weighted by Gasteiger charge is 2.24. The van der Waals surface area contributed by atoms with Crippen LogP contribution in [-0.4, -0.2) is 36.0 Å². The molecule has 0 bridgehead atoms. The maximum absolute atomic E-state index is 12.1. The molecule has 1 fully saturated rings. The number of piperidine rings is 1. The molecular weight excluding hydrogens is 268 g/mol. The van der Waals surface area contributed by atoms with Crippen LogP contribution in [0.15, 0.2) is 24.3 Å². The van der Waals surface area contributed by atoms with Crippen molar-refractivity contribution in [2.75, 3.05) is 13.2 Å². The fraction of sp³-hybridized carbons (Fsp3) is 0.438. The van der Waals surface area contributed by atoms with E-state index in [0.717, 1.165) is 25.8 Å². The molecule has 0 radical (unpaired) electrons. The minimum atomic E-state index is -0.544. The van der Waals surface area contributed by atoms with Gasteiger partial charge in [-0.15, -0.1) is 0 Å². The van der Waals surface area contributed by atoms with Gasteiger partial charge in [-0.1, -0.05) is 0 Å². The molecule has 0 aromatic heterocycles. The number of esters is 1. The molecular formula is C16H18N2O3. The third kappa shape index (κ3) is 3.82. The Morgan fingerprint density at radius 1 is 1.33 bits per heavy atom. The van der Waals surface area contributed by atoms with Crippen LogP contribution in [0.3, 0.4) is 0 Å². The molecule has 2 rings (SSSR count). The molecule has 1 atom stereocenters. The number of hydrogen-bond acceptors (Lipinski definition) is 4. The van der Waals surface area contributed by atoms with E-state index in [1.165, 1.54) is 12.1 Å². The van der Waals surface area contributed by atoms with Gasteiger partial charge in [0.2, 0.25) is 0 Å². The van der Waals surface area contributed by atoms with E-state index in [4.69, 9.17) is 10.00 Å². The van der Waals surface area contributed by atoms with E-state index < -0.39 is 5.97 Å². The first-order valence-electron chi connectivity index (χ1n) is 7.08. The van der Waals surface area contributed by atoms with Crippen LogP contribution < -0.4 is 0 Å². The SMILES string of the molecule is CC1CCCCN1C(=O)COC(=O)c1ccc(C#N)cc1. The molecule has 1 aromatic rings.